The van der Waals surface area contributed by atoms with E-state index in [4.69, 9.17) is 0 Å². The van der Waals surface area contributed by atoms with Crippen LogP contribution >= 0.6 is 0 Å². The van der Waals surface area contributed by atoms with Crippen molar-refractivity contribution in [2.75, 3.05) is 0 Å². The Labute approximate surface area is 83.5 Å². The maximum absolute atomic E-state index is 9.79. The minimum absolute atomic E-state index is 0.0695. The number of hydrogen-bond donors (Lipinski definition) is 2. The molecule has 14 heavy (non-hydrogen) atoms. The largest absolute Gasteiger partial charge is 0.390 e. The van der Waals surface area contributed by atoms with Crippen molar-refractivity contribution >= 4 is 0 Å². The molecule has 0 fully saturated rings. The number of hydrogen-bond acceptors (Lipinski definition) is 2. The Morgan fingerprint density at radius 1 is 1.07 bits per heavy atom. The van der Waals surface area contributed by atoms with E-state index in [0.29, 0.717) is 6.42 Å². The fraction of sp³-hybridized carbons (Fsp3) is 0.333. The SMILES string of the molecule is O[C@@H]1CC=CC(c2ccccc2)[C@@H]1O. The van der Waals surface area contributed by atoms with E-state index in [9.17, 15) is 10.2 Å². The fourth-order valence-electron chi connectivity index (χ4n) is 1.84. The summed E-state index contributed by atoms with van der Waals surface area (Å²) in [6, 6.07) is 9.76. The minimum Gasteiger partial charge on any atom is -0.390 e. The molecule has 0 spiro atoms. The van der Waals surface area contributed by atoms with Gasteiger partial charge in [-0.05, 0) is 12.0 Å². The Morgan fingerprint density at radius 2 is 1.79 bits per heavy atom. The van der Waals surface area contributed by atoms with Crippen LogP contribution in [0.4, 0.5) is 0 Å². The molecule has 0 heterocycles. The van der Waals surface area contributed by atoms with Crippen LogP contribution in [0.25, 0.3) is 0 Å². The molecule has 2 N–H and O–H groups in total. The molecule has 1 aliphatic carbocycles. The predicted molar refractivity (Wildman–Crippen MR) is 55.0 cm³/mol. The monoisotopic (exact) mass is 190 g/mol. The van der Waals surface area contributed by atoms with Crippen LogP contribution in [0.5, 0.6) is 0 Å². The van der Waals surface area contributed by atoms with Crippen LogP contribution in [0.2, 0.25) is 0 Å². The minimum atomic E-state index is -0.678. The van der Waals surface area contributed by atoms with Crippen molar-refractivity contribution in [3.63, 3.8) is 0 Å². The average molecular weight is 190 g/mol. The Morgan fingerprint density at radius 3 is 2.50 bits per heavy atom. The van der Waals surface area contributed by atoms with Gasteiger partial charge in [0.15, 0.2) is 0 Å². The Bertz CT molecular complexity index is 318. The fourth-order valence-corrected chi connectivity index (χ4v) is 1.84. The zero-order chi connectivity index (χ0) is 9.97. The molecule has 1 aromatic carbocycles. The molecule has 1 aromatic rings. The van der Waals surface area contributed by atoms with Gasteiger partial charge < -0.3 is 10.2 Å². The molecule has 0 saturated carbocycles. The average Bonchev–Trinajstić information content (AvgIpc) is 2.23. The quantitative estimate of drug-likeness (QED) is 0.658. The first kappa shape index (κ1) is 9.44. The molecular weight excluding hydrogens is 176 g/mol. The van der Waals surface area contributed by atoms with E-state index < -0.39 is 12.2 Å². The van der Waals surface area contributed by atoms with Crippen molar-refractivity contribution in [3.8, 4) is 0 Å². The predicted octanol–water partition coefficient (Wildman–Crippen LogP) is 1.45. The molecule has 1 unspecified atom stereocenters. The highest BCUT2D eigenvalue weighted by molar-refractivity contribution is 5.27. The highest BCUT2D eigenvalue weighted by atomic mass is 16.3. The van der Waals surface area contributed by atoms with Gasteiger partial charge in [-0.1, -0.05) is 42.5 Å². The topological polar surface area (TPSA) is 40.5 Å². The molecule has 0 aromatic heterocycles. The lowest BCUT2D eigenvalue weighted by Gasteiger charge is -2.27. The van der Waals surface area contributed by atoms with E-state index in [0.717, 1.165) is 5.56 Å². The van der Waals surface area contributed by atoms with Crippen molar-refractivity contribution in [2.24, 2.45) is 0 Å². The molecule has 0 saturated heterocycles. The van der Waals surface area contributed by atoms with Crippen LogP contribution in [-0.2, 0) is 0 Å². The summed E-state index contributed by atoms with van der Waals surface area (Å²) in [5, 5.41) is 19.3. The van der Waals surface area contributed by atoms with Gasteiger partial charge in [0.2, 0.25) is 0 Å². The highest BCUT2D eigenvalue weighted by Gasteiger charge is 2.27. The third-order valence-electron chi connectivity index (χ3n) is 2.67. The van der Waals surface area contributed by atoms with Gasteiger partial charge in [0.05, 0.1) is 12.2 Å². The second-order valence-corrected chi connectivity index (χ2v) is 3.66. The smallest absolute Gasteiger partial charge is 0.0904 e. The van der Waals surface area contributed by atoms with Crippen LogP contribution in [0.15, 0.2) is 42.5 Å². The van der Waals surface area contributed by atoms with Crippen LogP contribution < -0.4 is 0 Å². The maximum atomic E-state index is 9.79. The van der Waals surface area contributed by atoms with Gasteiger partial charge >= 0.3 is 0 Å². The first-order chi connectivity index (χ1) is 6.79. The number of rotatable bonds is 1. The second kappa shape index (κ2) is 3.95. The van der Waals surface area contributed by atoms with Crippen molar-refractivity contribution in [1.82, 2.24) is 0 Å². The summed E-state index contributed by atoms with van der Waals surface area (Å²) < 4.78 is 0. The molecule has 0 bridgehead atoms. The standard InChI is InChI=1S/C12H14O2/c13-11-8-4-7-10(12(11)14)9-5-2-1-3-6-9/h1-7,10-14H,8H2/t10?,11-,12+/m1/s1. The normalized spacial score (nSPS) is 31.7. The molecular formula is C12H14O2. The highest BCUT2D eigenvalue weighted by Crippen LogP contribution is 2.28. The van der Waals surface area contributed by atoms with Crippen molar-refractivity contribution in [2.45, 2.75) is 24.5 Å². The Balaban J connectivity index is 2.26. The molecule has 74 valence electrons. The van der Waals surface area contributed by atoms with E-state index in [1.54, 1.807) is 0 Å². The Hall–Kier alpha value is -1.12. The molecule has 0 radical (unpaired) electrons. The summed E-state index contributed by atoms with van der Waals surface area (Å²) >= 11 is 0. The van der Waals surface area contributed by atoms with Gasteiger partial charge in [0, 0.05) is 5.92 Å². The lowest BCUT2D eigenvalue weighted by molar-refractivity contribution is 0.00821. The summed E-state index contributed by atoms with van der Waals surface area (Å²) in [6.45, 7) is 0. The maximum Gasteiger partial charge on any atom is 0.0904 e. The van der Waals surface area contributed by atoms with Gasteiger partial charge in [0.25, 0.3) is 0 Å². The first-order valence-electron chi connectivity index (χ1n) is 4.87. The van der Waals surface area contributed by atoms with Crippen molar-refractivity contribution < 1.29 is 10.2 Å². The van der Waals surface area contributed by atoms with Crippen molar-refractivity contribution in [3.05, 3.63) is 48.0 Å². The molecule has 1 aliphatic rings. The Kier molecular flexibility index (Phi) is 2.66. The molecule has 0 amide bonds. The molecule has 2 nitrogen and oxygen atoms in total. The van der Waals surface area contributed by atoms with Crippen LogP contribution in [-0.4, -0.2) is 22.4 Å². The molecule has 3 atom stereocenters. The third kappa shape index (κ3) is 1.72. The van der Waals surface area contributed by atoms with Gasteiger partial charge in [-0.2, -0.15) is 0 Å². The second-order valence-electron chi connectivity index (χ2n) is 3.66. The van der Waals surface area contributed by atoms with Gasteiger partial charge in [0.1, 0.15) is 0 Å². The number of aliphatic hydroxyl groups excluding tert-OH is 2. The summed E-state index contributed by atoms with van der Waals surface area (Å²) in [5.41, 5.74) is 1.05. The molecule has 0 aliphatic heterocycles. The first-order valence-corrected chi connectivity index (χ1v) is 4.87. The lowest BCUT2D eigenvalue weighted by atomic mass is 9.85. The van der Waals surface area contributed by atoms with Gasteiger partial charge in [-0.15, -0.1) is 0 Å². The molecule has 2 rings (SSSR count). The van der Waals surface area contributed by atoms with E-state index in [1.807, 2.05) is 42.5 Å². The summed E-state index contributed by atoms with van der Waals surface area (Å²) in [7, 11) is 0. The summed E-state index contributed by atoms with van der Waals surface area (Å²) in [6.07, 6.45) is 3.12. The summed E-state index contributed by atoms with van der Waals surface area (Å²) in [4.78, 5) is 0. The van der Waals surface area contributed by atoms with Crippen LogP contribution in [0, 0.1) is 0 Å². The third-order valence-corrected chi connectivity index (χ3v) is 2.67. The zero-order valence-electron chi connectivity index (χ0n) is 7.88. The van der Waals surface area contributed by atoms with E-state index in [-0.39, 0.29) is 5.92 Å². The van der Waals surface area contributed by atoms with Crippen LogP contribution in [0.3, 0.4) is 0 Å². The van der Waals surface area contributed by atoms with Gasteiger partial charge in [-0.3, -0.25) is 0 Å². The van der Waals surface area contributed by atoms with Gasteiger partial charge in [-0.25, -0.2) is 0 Å². The van der Waals surface area contributed by atoms with E-state index in [1.165, 1.54) is 0 Å². The zero-order valence-corrected chi connectivity index (χ0v) is 7.88. The lowest BCUT2D eigenvalue weighted by Crippen LogP contribution is -2.33. The number of aliphatic hydroxyl groups is 2. The summed E-state index contributed by atoms with van der Waals surface area (Å²) in [5.74, 6) is -0.0695. The number of benzene rings is 1. The molecule has 2 heteroatoms. The van der Waals surface area contributed by atoms with Crippen LogP contribution in [0.1, 0.15) is 17.9 Å². The van der Waals surface area contributed by atoms with Crippen molar-refractivity contribution in [1.29, 1.82) is 0 Å². The van der Waals surface area contributed by atoms with E-state index >= 15 is 0 Å². The van der Waals surface area contributed by atoms with E-state index in [2.05, 4.69) is 0 Å².